The summed E-state index contributed by atoms with van der Waals surface area (Å²) in [6, 6.07) is 11.2. The van der Waals surface area contributed by atoms with Gasteiger partial charge in [-0.2, -0.15) is 0 Å². The van der Waals surface area contributed by atoms with E-state index in [1.54, 1.807) is 17.7 Å². The van der Waals surface area contributed by atoms with Crippen molar-refractivity contribution in [3.63, 3.8) is 0 Å². The highest BCUT2D eigenvalue weighted by Gasteiger charge is 2.22. The van der Waals surface area contributed by atoms with E-state index >= 15 is 0 Å². The monoisotopic (exact) mass is 500 g/mol. The Morgan fingerprint density at radius 1 is 0.886 bits per heavy atom. The fourth-order valence-corrected chi connectivity index (χ4v) is 5.23. The van der Waals surface area contributed by atoms with Crippen LogP contribution in [0.15, 0.2) is 41.2 Å². The van der Waals surface area contributed by atoms with E-state index in [9.17, 15) is 9.36 Å². The van der Waals surface area contributed by atoms with E-state index in [0.29, 0.717) is 33.9 Å². The lowest BCUT2D eigenvalue weighted by Gasteiger charge is -2.19. The first-order chi connectivity index (χ1) is 16.9. The normalized spacial score (nSPS) is 13.1. The molecule has 11 heteroatoms. The van der Waals surface area contributed by atoms with Crippen LogP contribution in [0.3, 0.4) is 0 Å². The molecule has 10 nitrogen and oxygen atoms in total. The number of nitrogens with one attached hydrogen (secondary N) is 1. The highest BCUT2D eigenvalue weighted by molar-refractivity contribution is 7.51. The molecule has 0 unspecified atom stereocenters. The van der Waals surface area contributed by atoms with Gasteiger partial charge in [-0.1, -0.05) is 12.1 Å². The van der Waals surface area contributed by atoms with Crippen molar-refractivity contribution in [2.75, 3.05) is 41.8 Å². The van der Waals surface area contributed by atoms with Crippen LogP contribution in [0.5, 0.6) is 23.0 Å². The number of methoxy groups -OCH3 is 2. The smallest absolute Gasteiger partial charge is 0.405 e. The Bertz CT molecular complexity index is 1560. The zero-order chi connectivity index (χ0) is 24.7. The summed E-state index contributed by atoms with van der Waals surface area (Å²) in [6.45, 7) is 0.501. The molecule has 0 amide bonds. The summed E-state index contributed by atoms with van der Waals surface area (Å²) in [4.78, 5) is 13.8. The second-order valence-electron chi connectivity index (χ2n) is 7.87. The topological polar surface area (TPSA) is 106 Å². The van der Waals surface area contributed by atoms with Crippen LogP contribution >= 0.6 is 7.75 Å². The number of hydrogen-bond donors (Lipinski definition) is 1. The third-order valence-corrected chi connectivity index (χ3v) is 7.74. The van der Waals surface area contributed by atoms with Crippen molar-refractivity contribution in [2.24, 2.45) is 0 Å². The van der Waals surface area contributed by atoms with E-state index < -0.39 is 7.75 Å². The molecule has 35 heavy (non-hydrogen) atoms. The molecule has 0 aliphatic carbocycles. The van der Waals surface area contributed by atoms with Crippen LogP contribution in [0.1, 0.15) is 0 Å². The Hall–Kier alpha value is -3.30. The molecule has 0 fully saturated rings. The minimum absolute atomic E-state index is 0.142. The molecule has 3 aromatic carbocycles. The molecule has 0 bridgehead atoms. The molecule has 1 aliphatic rings. The van der Waals surface area contributed by atoms with Gasteiger partial charge >= 0.3 is 7.75 Å². The van der Waals surface area contributed by atoms with Crippen molar-refractivity contribution in [2.45, 2.75) is 6.54 Å². The third kappa shape index (κ3) is 3.88. The zero-order valence-electron chi connectivity index (χ0n) is 19.7. The molecule has 4 aromatic rings. The molecule has 1 N–H and O–H groups in total. The van der Waals surface area contributed by atoms with Gasteiger partial charge in [-0.3, -0.25) is 4.79 Å². The maximum Gasteiger partial charge on any atom is 0.405 e. The van der Waals surface area contributed by atoms with Crippen LogP contribution in [0.2, 0.25) is 0 Å². The summed E-state index contributed by atoms with van der Waals surface area (Å²) in [5.74, 6) is 2.24. The van der Waals surface area contributed by atoms with Gasteiger partial charge in [0, 0.05) is 43.5 Å². The van der Waals surface area contributed by atoms with Crippen LogP contribution in [0, 0.1) is 0 Å². The van der Waals surface area contributed by atoms with Crippen molar-refractivity contribution in [3.05, 3.63) is 46.8 Å². The predicted molar refractivity (Wildman–Crippen MR) is 132 cm³/mol. The Labute approximate surface area is 200 Å². The van der Waals surface area contributed by atoms with Gasteiger partial charge < -0.3 is 32.6 Å². The molecule has 1 aromatic heterocycles. The maximum atomic E-state index is 13.8. The summed E-state index contributed by atoms with van der Waals surface area (Å²) in [5, 5.41) is 6.53. The molecule has 0 radical (unpaired) electrons. The van der Waals surface area contributed by atoms with Crippen molar-refractivity contribution in [1.29, 1.82) is 0 Å². The Morgan fingerprint density at radius 2 is 1.54 bits per heavy atom. The van der Waals surface area contributed by atoms with Gasteiger partial charge in [0.1, 0.15) is 0 Å². The summed E-state index contributed by atoms with van der Waals surface area (Å²) >= 11 is 0. The molecule has 1 aliphatic heterocycles. The number of fused-ring (bicyclic) bond motifs is 6. The quantitative estimate of drug-likeness (QED) is 0.283. The molecular formula is C24H25N2O8P. The molecule has 184 valence electrons. The Balaban J connectivity index is 1.80. The summed E-state index contributed by atoms with van der Waals surface area (Å²) in [7, 11) is 2.21. The van der Waals surface area contributed by atoms with Crippen molar-refractivity contribution in [1.82, 2.24) is 9.65 Å². The molecule has 5 rings (SSSR count). The molecule has 0 spiro atoms. The van der Waals surface area contributed by atoms with E-state index in [-0.39, 0.29) is 25.4 Å². The number of ether oxygens (including phenoxy) is 4. The van der Waals surface area contributed by atoms with Crippen LogP contribution in [0.25, 0.3) is 32.4 Å². The number of rotatable bonds is 8. The van der Waals surface area contributed by atoms with Crippen LogP contribution < -0.4 is 29.6 Å². The first-order valence-electron chi connectivity index (χ1n) is 10.8. The van der Waals surface area contributed by atoms with Gasteiger partial charge in [0.25, 0.3) is 5.56 Å². The lowest BCUT2D eigenvalue weighted by molar-refractivity contribution is 0.174. The zero-order valence-corrected chi connectivity index (χ0v) is 20.6. The standard InChI is InChI=1S/C24H25N2O8P/c1-29-19-11-17-15-6-5-14-9-21-22(34-13-33-21)10-16(14)23(15)26(8-7-25-35(28,31-3)32-4)24(27)18(17)12-20(19)30-2/h5-6,9-12H,7-8,13H2,1-4H3,(H,25,28). The van der Waals surface area contributed by atoms with E-state index in [2.05, 4.69) is 5.09 Å². The van der Waals surface area contributed by atoms with E-state index in [1.165, 1.54) is 21.3 Å². The average Bonchev–Trinajstić information content (AvgIpc) is 3.35. The van der Waals surface area contributed by atoms with Crippen LogP contribution in [-0.4, -0.2) is 46.3 Å². The second kappa shape index (κ2) is 9.05. The van der Waals surface area contributed by atoms with Gasteiger partial charge in [0.05, 0.1) is 25.1 Å². The molecule has 0 saturated carbocycles. The minimum Gasteiger partial charge on any atom is -0.493 e. The van der Waals surface area contributed by atoms with E-state index in [0.717, 1.165) is 21.5 Å². The Morgan fingerprint density at radius 3 is 2.20 bits per heavy atom. The highest BCUT2D eigenvalue weighted by atomic mass is 31.2. The Kier molecular flexibility index (Phi) is 6.06. The molecule has 0 saturated heterocycles. The third-order valence-electron chi connectivity index (χ3n) is 6.17. The largest absolute Gasteiger partial charge is 0.493 e. The first-order valence-corrected chi connectivity index (χ1v) is 12.4. The van der Waals surface area contributed by atoms with Gasteiger partial charge in [-0.25, -0.2) is 9.65 Å². The first kappa shape index (κ1) is 23.4. The fourth-order valence-electron chi connectivity index (χ4n) is 4.45. The number of nitrogens with zero attached hydrogens (tertiary/aromatic N) is 1. The summed E-state index contributed by atoms with van der Waals surface area (Å²) in [5.41, 5.74) is 0.474. The lowest BCUT2D eigenvalue weighted by Crippen LogP contribution is -2.27. The number of hydrogen-bond acceptors (Lipinski definition) is 8. The second-order valence-corrected chi connectivity index (χ2v) is 9.91. The van der Waals surface area contributed by atoms with Crippen molar-refractivity contribution < 1.29 is 32.6 Å². The number of pyridine rings is 1. The van der Waals surface area contributed by atoms with Gasteiger partial charge in [0.2, 0.25) is 6.79 Å². The molecular weight excluding hydrogens is 475 g/mol. The van der Waals surface area contributed by atoms with Crippen molar-refractivity contribution >= 4 is 40.2 Å². The predicted octanol–water partition coefficient (Wildman–Crippen LogP) is 4.04. The van der Waals surface area contributed by atoms with E-state index in [1.807, 2.05) is 30.3 Å². The van der Waals surface area contributed by atoms with Crippen LogP contribution in [-0.2, 0) is 20.2 Å². The lowest BCUT2D eigenvalue weighted by atomic mass is 10.00. The van der Waals surface area contributed by atoms with Crippen molar-refractivity contribution in [3.8, 4) is 23.0 Å². The molecule has 0 atom stereocenters. The van der Waals surface area contributed by atoms with E-state index in [4.69, 9.17) is 28.0 Å². The number of benzene rings is 3. The van der Waals surface area contributed by atoms with Crippen LogP contribution in [0.4, 0.5) is 0 Å². The average molecular weight is 500 g/mol. The number of aromatic nitrogens is 1. The maximum absolute atomic E-state index is 13.8. The van der Waals surface area contributed by atoms with Gasteiger partial charge in [-0.05, 0) is 29.7 Å². The summed E-state index contributed by atoms with van der Waals surface area (Å²) in [6.07, 6.45) is 0. The van der Waals surface area contributed by atoms with Gasteiger partial charge in [-0.15, -0.1) is 0 Å². The molecule has 2 heterocycles. The van der Waals surface area contributed by atoms with Gasteiger partial charge in [0.15, 0.2) is 23.0 Å². The SMILES string of the molecule is COc1cc2c(=O)n(CCNP(=O)(OC)OC)c3c4cc5c(cc4ccc3c2cc1OC)OCO5. The highest BCUT2D eigenvalue weighted by Crippen LogP contribution is 2.42. The summed E-state index contributed by atoms with van der Waals surface area (Å²) < 4.78 is 46.2. The fraction of sp³-hybridized carbons (Fsp3) is 0.292. The minimum atomic E-state index is -3.46.